The highest BCUT2D eigenvalue weighted by molar-refractivity contribution is 7.12. The Balaban J connectivity index is 1.83. The average Bonchev–Trinajstić information content (AvgIpc) is 3.28. The molecule has 0 radical (unpaired) electrons. The molecule has 0 aliphatic rings. The predicted molar refractivity (Wildman–Crippen MR) is 109 cm³/mol. The Morgan fingerprint density at radius 3 is 2.64 bits per heavy atom. The summed E-state index contributed by atoms with van der Waals surface area (Å²) in [7, 11) is 0. The molecule has 0 spiro atoms. The Kier molecular flexibility index (Phi) is 5.80. The first kappa shape index (κ1) is 17.6. The van der Waals surface area contributed by atoms with E-state index in [1.165, 1.54) is 35.3 Å². The molecule has 0 atom stereocenters. The van der Waals surface area contributed by atoms with E-state index in [4.69, 9.17) is 0 Å². The van der Waals surface area contributed by atoms with Gasteiger partial charge in [-0.15, -0.1) is 22.7 Å². The minimum atomic E-state index is 0.626. The van der Waals surface area contributed by atoms with Crippen LogP contribution in [0.4, 0.5) is 0 Å². The van der Waals surface area contributed by atoms with Crippen molar-refractivity contribution in [3.05, 3.63) is 62.1 Å². The van der Waals surface area contributed by atoms with Crippen molar-refractivity contribution in [2.24, 2.45) is 0 Å². The highest BCUT2D eigenvalue weighted by atomic mass is 32.1. The zero-order valence-electron chi connectivity index (χ0n) is 14.5. The Bertz CT molecular complexity index is 908. The van der Waals surface area contributed by atoms with Crippen molar-refractivity contribution in [1.82, 2.24) is 4.98 Å². The van der Waals surface area contributed by atoms with Gasteiger partial charge in [-0.2, -0.15) is 5.26 Å². The molecule has 0 unspecified atom stereocenters. The van der Waals surface area contributed by atoms with E-state index >= 15 is 0 Å². The molecule has 2 heterocycles. The summed E-state index contributed by atoms with van der Waals surface area (Å²) in [5.74, 6) is 0. The second-order valence-corrected chi connectivity index (χ2v) is 7.78. The number of aromatic nitrogens is 1. The van der Waals surface area contributed by atoms with Crippen LogP contribution in [0.5, 0.6) is 0 Å². The molecule has 0 amide bonds. The van der Waals surface area contributed by atoms with E-state index < -0.39 is 0 Å². The summed E-state index contributed by atoms with van der Waals surface area (Å²) < 4.78 is 0. The molecule has 0 fully saturated rings. The van der Waals surface area contributed by atoms with E-state index in [-0.39, 0.29) is 0 Å². The number of rotatable bonds is 6. The summed E-state index contributed by atoms with van der Waals surface area (Å²) in [5.41, 5.74) is 5.23. The molecule has 1 aromatic carbocycles. The van der Waals surface area contributed by atoms with Crippen LogP contribution in [-0.2, 0) is 6.42 Å². The van der Waals surface area contributed by atoms with Crippen molar-refractivity contribution in [2.75, 3.05) is 0 Å². The number of nitriles is 1. The normalized spacial score (nSPS) is 11.5. The van der Waals surface area contributed by atoms with Crippen molar-refractivity contribution in [3.8, 4) is 17.3 Å². The maximum absolute atomic E-state index is 9.52. The van der Waals surface area contributed by atoms with Gasteiger partial charge in [-0.25, -0.2) is 4.98 Å². The highest BCUT2D eigenvalue weighted by Crippen LogP contribution is 2.29. The van der Waals surface area contributed by atoms with Crippen molar-refractivity contribution in [3.63, 3.8) is 0 Å². The molecule has 4 heteroatoms. The van der Waals surface area contributed by atoms with Gasteiger partial charge in [0.05, 0.1) is 11.3 Å². The molecule has 0 bridgehead atoms. The van der Waals surface area contributed by atoms with Crippen LogP contribution in [0.1, 0.15) is 40.8 Å². The lowest BCUT2D eigenvalue weighted by atomic mass is 10.1. The standard InChI is InChI=1S/C21H20N2S2/c1-3-4-5-16-6-8-17(9-7-16)19-14-25-21(23-19)18(13-22)12-20-15(2)10-11-24-20/h6-12,14H,3-5H2,1-2H3/b18-12+. The van der Waals surface area contributed by atoms with Gasteiger partial charge in [0.2, 0.25) is 0 Å². The van der Waals surface area contributed by atoms with E-state index in [2.05, 4.69) is 55.2 Å². The summed E-state index contributed by atoms with van der Waals surface area (Å²) in [4.78, 5) is 5.81. The lowest BCUT2D eigenvalue weighted by molar-refractivity contribution is 0.795. The fourth-order valence-electron chi connectivity index (χ4n) is 2.56. The highest BCUT2D eigenvalue weighted by Gasteiger charge is 2.10. The van der Waals surface area contributed by atoms with Gasteiger partial charge in [0.15, 0.2) is 0 Å². The molecule has 0 N–H and O–H groups in total. The van der Waals surface area contributed by atoms with Gasteiger partial charge in [-0.1, -0.05) is 37.6 Å². The number of allylic oxidation sites excluding steroid dienone is 1. The minimum Gasteiger partial charge on any atom is -0.235 e. The number of hydrogen-bond donors (Lipinski definition) is 0. The van der Waals surface area contributed by atoms with Crippen LogP contribution in [0.3, 0.4) is 0 Å². The van der Waals surface area contributed by atoms with E-state index in [1.54, 1.807) is 11.3 Å². The fraction of sp³-hybridized carbons (Fsp3) is 0.238. The molecule has 3 rings (SSSR count). The molecule has 2 aromatic heterocycles. The van der Waals surface area contributed by atoms with Crippen LogP contribution in [-0.4, -0.2) is 4.98 Å². The number of benzene rings is 1. The molecule has 2 nitrogen and oxygen atoms in total. The fourth-order valence-corrected chi connectivity index (χ4v) is 4.21. The predicted octanol–water partition coefficient (Wildman–Crippen LogP) is 6.59. The van der Waals surface area contributed by atoms with E-state index in [0.29, 0.717) is 5.57 Å². The zero-order valence-corrected chi connectivity index (χ0v) is 16.1. The topological polar surface area (TPSA) is 36.7 Å². The van der Waals surface area contributed by atoms with Crippen LogP contribution >= 0.6 is 22.7 Å². The Morgan fingerprint density at radius 1 is 1.20 bits per heavy atom. The molecule has 0 saturated heterocycles. The summed E-state index contributed by atoms with van der Waals surface area (Å²) in [6.45, 7) is 4.27. The van der Waals surface area contributed by atoms with Crippen LogP contribution in [0.15, 0.2) is 41.1 Å². The number of aryl methyl sites for hydroxylation is 2. The third kappa shape index (κ3) is 4.25. The average molecular weight is 365 g/mol. The van der Waals surface area contributed by atoms with Crippen LogP contribution in [0.25, 0.3) is 22.9 Å². The number of thiazole rings is 1. The summed E-state index contributed by atoms with van der Waals surface area (Å²) in [5, 5.41) is 14.4. The van der Waals surface area contributed by atoms with Crippen LogP contribution < -0.4 is 0 Å². The van der Waals surface area contributed by atoms with Gasteiger partial charge in [-0.05, 0) is 48.4 Å². The van der Waals surface area contributed by atoms with Gasteiger partial charge >= 0.3 is 0 Å². The van der Waals surface area contributed by atoms with E-state index in [1.807, 2.05) is 16.8 Å². The third-order valence-corrected chi connectivity index (χ3v) is 5.94. The molecule has 0 aliphatic heterocycles. The summed E-state index contributed by atoms with van der Waals surface area (Å²) in [6.07, 6.45) is 5.50. The number of thiophene rings is 1. The van der Waals surface area contributed by atoms with Crippen molar-refractivity contribution < 1.29 is 0 Å². The Morgan fingerprint density at radius 2 is 2.00 bits per heavy atom. The summed E-state index contributed by atoms with van der Waals surface area (Å²) in [6, 6.07) is 13.0. The van der Waals surface area contributed by atoms with Gasteiger partial charge < -0.3 is 0 Å². The number of nitrogens with zero attached hydrogens (tertiary/aromatic N) is 2. The van der Waals surface area contributed by atoms with Crippen molar-refractivity contribution in [1.29, 1.82) is 5.26 Å². The Labute approximate surface area is 157 Å². The monoisotopic (exact) mass is 364 g/mol. The van der Waals surface area contributed by atoms with E-state index in [9.17, 15) is 5.26 Å². The lowest BCUT2D eigenvalue weighted by Crippen LogP contribution is -1.86. The first-order chi connectivity index (χ1) is 12.2. The van der Waals surface area contributed by atoms with Crippen LogP contribution in [0, 0.1) is 18.3 Å². The first-order valence-corrected chi connectivity index (χ1v) is 10.2. The van der Waals surface area contributed by atoms with Gasteiger partial charge in [0.25, 0.3) is 0 Å². The van der Waals surface area contributed by atoms with Crippen molar-refractivity contribution >= 4 is 34.3 Å². The van der Waals surface area contributed by atoms with Gasteiger partial charge in [-0.3, -0.25) is 0 Å². The SMILES string of the molecule is CCCCc1ccc(-c2csc(/C(C#N)=C/c3sccc3C)n2)cc1. The van der Waals surface area contributed by atoms with Gasteiger partial charge in [0.1, 0.15) is 11.1 Å². The second kappa shape index (κ2) is 8.24. The smallest absolute Gasteiger partial charge is 0.134 e. The van der Waals surface area contributed by atoms with E-state index in [0.717, 1.165) is 27.6 Å². The Hall–Kier alpha value is -2.22. The number of hydrogen-bond acceptors (Lipinski definition) is 4. The molecular formula is C21H20N2S2. The first-order valence-electron chi connectivity index (χ1n) is 8.42. The quantitative estimate of drug-likeness (QED) is 0.463. The molecule has 3 aromatic rings. The maximum atomic E-state index is 9.52. The maximum Gasteiger partial charge on any atom is 0.134 e. The molecule has 0 saturated carbocycles. The summed E-state index contributed by atoms with van der Waals surface area (Å²) >= 11 is 3.17. The van der Waals surface area contributed by atoms with Crippen molar-refractivity contribution in [2.45, 2.75) is 33.1 Å². The largest absolute Gasteiger partial charge is 0.235 e. The third-order valence-electron chi connectivity index (χ3n) is 4.10. The molecule has 0 aliphatic carbocycles. The second-order valence-electron chi connectivity index (χ2n) is 5.98. The molecule has 126 valence electrons. The zero-order chi connectivity index (χ0) is 17.6. The van der Waals surface area contributed by atoms with Gasteiger partial charge in [0, 0.05) is 15.8 Å². The molecular weight excluding hydrogens is 344 g/mol. The molecule has 25 heavy (non-hydrogen) atoms. The minimum absolute atomic E-state index is 0.626. The van der Waals surface area contributed by atoms with Crippen LogP contribution in [0.2, 0.25) is 0 Å². The number of unbranched alkanes of at least 4 members (excludes halogenated alkanes) is 1. The lowest BCUT2D eigenvalue weighted by Gasteiger charge is -2.01.